The van der Waals surface area contributed by atoms with Crippen molar-refractivity contribution in [2.45, 2.75) is 26.7 Å². The van der Waals surface area contributed by atoms with Crippen LogP contribution in [0.5, 0.6) is 23.0 Å². The lowest BCUT2D eigenvalue weighted by Gasteiger charge is -2.11. The molecule has 0 radical (unpaired) electrons. The topological polar surface area (TPSA) is 71.1 Å². The molecular weight excluding hydrogens is 336 g/mol. The molecule has 0 unspecified atom stereocenters. The van der Waals surface area contributed by atoms with E-state index in [0.29, 0.717) is 29.4 Å². The van der Waals surface area contributed by atoms with E-state index in [1.54, 1.807) is 19.2 Å². The number of ether oxygens (including phenoxy) is 4. The van der Waals surface area contributed by atoms with Crippen LogP contribution in [0.1, 0.15) is 25.0 Å². The van der Waals surface area contributed by atoms with Crippen LogP contribution in [0.25, 0.3) is 0 Å². The van der Waals surface area contributed by atoms with Crippen molar-refractivity contribution >= 4 is 11.9 Å². The second kappa shape index (κ2) is 8.89. The van der Waals surface area contributed by atoms with Crippen molar-refractivity contribution in [1.82, 2.24) is 0 Å². The van der Waals surface area contributed by atoms with Gasteiger partial charge in [-0.25, -0.2) is 0 Å². The summed E-state index contributed by atoms with van der Waals surface area (Å²) < 4.78 is 20.8. The Hall–Kier alpha value is -3.02. The molecule has 0 heterocycles. The molecule has 0 bridgehead atoms. The van der Waals surface area contributed by atoms with Gasteiger partial charge in [-0.3, -0.25) is 9.59 Å². The zero-order valence-electron chi connectivity index (χ0n) is 15.3. The highest BCUT2D eigenvalue weighted by Crippen LogP contribution is 2.29. The second-order valence-electron chi connectivity index (χ2n) is 5.69. The maximum Gasteiger partial charge on any atom is 0.308 e. The van der Waals surface area contributed by atoms with Crippen LogP contribution in [0.15, 0.2) is 36.4 Å². The molecule has 0 aromatic heterocycles. The summed E-state index contributed by atoms with van der Waals surface area (Å²) in [4.78, 5) is 22.3. The Morgan fingerprint density at radius 2 is 1.38 bits per heavy atom. The standard InChI is InChI=1S/C20H22O6/c1-13(21)25-18-10-16(9-17(12-18)23-3)6-5-15-7-8-19(26-14(2)22)20(11-15)24-4/h7-12H,5-6H2,1-4H3. The fourth-order valence-corrected chi connectivity index (χ4v) is 2.51. The number of hydrogen-bond acceptors (Lipinski definition) is 6. The first-order valence-electron chi connectivity index (χ1n) is 8.13. The number of carbonyl (C=O) groups excluding carboxylic acids is 2. The van der Waals surface area contributed by atoms with Gasteiger partial charge >= 0.3 is 11.9 Å². The van der Waals surface area contributed by atoms with Crippen molar-refractivity contribution in [2.75, 3.05) is 14.2 Å². The molecule has 2 aromatic rings. The number of benzene rings is 2. The molecule has 0 atom stereocenters. The Morgan fingerprint density at radius 1 is 0.731 bits per heavy atom. The summed E-state index contributed by atoms with van der Waals surface area (Å²) in [6.45, 7) is 2.70. The first-order chi connectivity index (χ1) is 12.4. The number of carbonyl (C=O) groups is 2. The minimum atomic E-state index is -0.398. The highest BCUT2D eigenvalue weighted by atomic mass is 16.6. The van der Waals surface area contributed by atoms with Crippen LogP contribution < -0.4 is 18.9 Å². The van der Waals surface area contributed by atoms with Crippen molar-refractivity contribution in [1.29, 1.82) is 0 Å². The Labute approximate surface area is 152 Å². The van der Waals surface area contributed by atoms with E-state index in [9.17, 15) is 9.59 Å². The van der Waals surface area contributed by atoms with Gasteiger partial charge in [-0.2, -0.15) is 0 Å². The quantitative estimate of drug-likeness (QED) is 0.558. The summed E-state index contributed by atoms with van der Waals surface area (Å²) in [5.41, 5.74) is 2.00. The van der Waals surface area contributed by atoms with Crippen molar-refractivity contribution in [2.24, 2.45) is 0 Å². The third-order valence-corrected chi connectivity index (χ3v) is 3.62. The minimum Gasteiger partial charge on any atom is -0.497 e. The van der Waals surface area contributed by atoms with E-state index < -0.39 is 5.97 Å². The first-order valence-corrected chi connectivity index (χ1v) is 8.13. The summed E-state index contributed by atoms with van der Waals surface area (Å²) in [7, 11) is 3.09. The fourth-order valence-electron chi connectivity index (χ4n) is 2.51. The van der Waals surface area contributed by atoms with Crippen LogP contribution in [-0.2, 0) is 22.4 Å². The number of methoxy groups -OCH3 is 2. The monoisotopic (exact) mass is 358 g/mol. The SMILES string of the molecule is COc1cc(CCc2ccc(OC(C)=O)c(OC)c2)cc(OC(C)=O)c1. The molecule has 6 nitrogen and oxygen atoms in total. The third kappa shape index (κ3) is 5.51. The zero-order valence-corrected chi connectivity index (χ0v) is 15.3. The molecule has 26 heavy (non-hydrogen) atoms. The Bertz CT molecular complexity index is 797. The number of hydrogen-bond donors (Lipinski definition) is 0. The molecule has 0 amide bonds. The van der Waals surface area contributed by atoms with Gasteiger partial charge < -0.3 is 18.9 Å². The zero-order chi connectivity index (χ0) is 19.1. The molecule has 0 fully saturated rings. The molecule has 0 spiro atoms. The molecule has 2 rings (SSSR count). The summed E-state index contributed by atoms with van der Waals surface area (Å²) in [5.74, 6) is 1.20. The number of rotatable bonds is 7. The predicted octanol–water partition coefficient (Wildman–Crippen LogP) is 3.34. The maximum absolute atomic E-state index is 11.2. The van der Waals surface area contributed by atoms with E-state index in [-0.39, 0.29) is 5.97 Å². The molecule has 0 N–H and O–H groups in total. The van der Waals surface area contributed by atoms with Crippen LogP contribution in [0.2, 0.25) is 0 Å². The van der Waals surface area contributed by atoms with Crippen molar-refractivity contribution in [3.05, 3.63) is 47.5 Å². The van der Waals surface area contributed by atoms with E-state index in [0.717, 1.165) is 17.5 Å². The van der Waals surface area contributed by atoms with Gasteiger partial charge in [-0.05, 0) is 48.2 Å². The Balaban J connectivity index is 2.15. The summed E-state index contributed by atoms with van der Waals surface area (Å²) in [5, 5.41) is 0. The van der Waals surface area contributed by atoms with Crippen LogP contribution in [0.4, 0.5) is 0 Å². The van der Waals surface area contributed by atoms with E-state index in [1.165, 1.54) is 21.0 Å². The van der Waals surface area contributed by atoms with Gasteiger partial charge in [0.1, 0.15) is 11.5 Å². The van der Waals surface area contributed by atoms with E-state index >= 15 is 0 Å². The summed E-state index contributed by atoms with van der Waals surface area (Å²) in [6, 6.07) is 10.8. The van der Waals surface area contributed by atoms with Gasteiger partial charge in [0.2, 0.25) is 0 Å². The molecule has 0 saturated carbocycles. The minimum absolute atomic E-state index is 0.380. The molecule has 0 saturated heterocycles. The normalized spacial score (nSPS) is 10.2. The third-order valence-electron chi connectivity index (χ3n) is 3.62. The highest BCUT2D eigenvalue weighted by Gasteiger charge is 2.09. The van der Waals surface area contributed by atoms with Crippen LogP contribution in [0.3, 0.4) is 0 Å². The van der Waals surface area contributed by atoms with E-state index in [2.05, 4.69) is 0 Å². The lowest BCUT2D eigenvalue weighted by Crippen LogP contribution is -2.04. The average molecular weight is 358 g/mol. The van der Waals surface area contributed by atoms with Gasteiger partial charge in [-0.15, -0.1) is 0 Å². The van der Waals surface area contributed by atoms with Crippen molar-refractivity contribution in [3.8, 4) is 23.0 Å². The molecule has 6 heteroatoms. The van der Waals surface area contributed by atoms with Gasteiger partial charge in [-0.1, -0.05) is 6.07 Å². The Morgan fingerprint density at radius 3 is 2.00 bits per heavy atom. The molecule has 0 aliphatic heterocycles. The number of aryl methyl sites for hydroxylation is 2. The Kier molecular flexibility index (Phi) is 6.60. The fraction of sp³-hybridized carbons (Fsp3) is 0.300. The molecular formula is C20H22O6. The predicted molar refractivity (Wildman–Crippen MR) is 96.0 cm³/mol. The molecule has 0 aliphatic carbocycles. The van der Waals surface area contributed by atoms with E-state index in [4.69, 9.17) is 18.9 Å². The number of esters is 2. The highest BCUT2D eigenvalue weighted by molar-refractivity contribution is 5.70. The van der Waals surface area contributed by atoms with Gasteiger partial charge in [0, 0.05) is 19.9 Å². The molecule has 0 aliphatic rings. The maximum atomic E-state index is 11.2. The van der Waals surface area contributed by atoms with Crippen LogP contribution >= 0.6 is 0 Å². The molecule has 2 aromatic carbocycles. The van der Waals surface area contributed by atoms with Gasteiger partial charge in [0.25, 0.3) is 0 Å². The lowest BCUT2D eigenvalue weighted by molar-refractivity contribution is -0.132. The van der Waals surface area contributed by atoms with E-state index in [1.807, 2.05) is 24.3 Å². The first kappa shape index (κ1) is 19.3. The second-order valence-corrected chi connectivity index (χ2v) is 5.69. The average Bonchev–Trinajstić information content (AvgIpc) is 2.59. The smallest absolute Gasteiger partial charge is 0.308 e. The summed E-state index contributed by atoms with van der Waals surface area (Å²) in [6.07, 6.45) is 1.44. The van der Waals surface area contributed by atoms with Crippen LogP contribution in [0, 0.1) is 0 Å². The van der Waals surface area contributed by atoms with Crippen molar-refractivity contribution in [3.63, 3.8) is 0 Å². The molecule has 138 valence electrons. The van der Waals surface area contributed by atoms with Gasteiger partial charge in [0.05, 0.1) is 14.2 Å². The van der Waals surface area contributed by atoms with Crippen molar-refractivity contribution < 1.29 is 28.5 Å². The van der Waals surface area contributed by atoms with Gasteiger partial charge in [0.15, 0.2) is 11.5 Å². The largest absolute Gasteiger partial charge is 0.497 e. The lowest BCUT2D eigenvalue weighted by atomic mass is 10.0. The van der Waals surface area contributed by atoms with Crippen LogP contribution in [-0.4, -0.2) is 26.2 Å². The summed E-state index contributed by atoms with van der Waals surface area (Å²) >= 11 is 0.